The molecule has 0 unspecified atom stereocenters. The summed E-state index contributed by atoms with van der Waals surface area (Å²) in [5.41, 5.74) is 4.14. The number of aromatic amines is 2. The number of nitro groups is 1. The lowest BCUT2D eigenvalue weighted by Crippen LogP contribution is -1.93. The first-order chi connectivity index (χ1) is 14.0. The van der Waals surface area contributed by atoms with Crippen LogP contribution in [0.4, 0.5) is 5.69 Å². The number of nitrogens with zero attached hydrogens (tertiary/aromatic N) is 3. The maximum absolute atomic E-state index is 11.3. The van der Waals surface area contributed by atoms with Crippen LogP contribution in [0.5, 0.6) is 0 Å². The number of imidazole rings is 2. The molecule has 0 atom stereocenters. The number of H-pyrrole nitrogens is 2. The number of benzene rings is 3. The summed E-state index contributed by atoms with van der Waals surface area (Å²) in [6, 6.07) is 15.2. The van der Waals surface area contributed by atoms with Gasteiger partial charge < -0.3 is 9.97 Å². The predicted octanol–water partition coefficient (Wildman–Crippen LogP) is 5.99. The molecule has 0 saturated heterocycles. The lowest BCUT2D eigenvalue weighted by Gasteiger charge is -2.05. The van der Waals surface area contributed by atoms with Crippen molar-refractivity contribution in [1.82, 2.24) is 19.9 Å². The first-order valence-corrected chi connectivity index (χ1v) is 9.33. The van der Waals surface area contributed by atoms with Crippen molar-refractivity contribution >= 4 is 51.0 Å². The van der Waals surface area contributed by atoms with Crippen LogP contribution >= 0.6 is 23.2 Å². The Morgan fingerprint density at radius 1 is 0.759 bits per heavy atom. The average molecular weight is 424 g/mol. The van der Waals surface area contributed by atoms with E-state index in [0.717, 1.165) is 16.6 Å². The lowest BCUT2D eigenvalue weighted by atomic mass is 10.1. The highest BCUT2D eigenvalue weighted by atomic mass is 35.5. The minimum atomic E-state index is -0.439. The molecule has 2 N–H and O–H groups in total. The molecule has 2 aromatic heterocycles. The summed E-state index contributed by atoms with van der Waals surface area (Å²) >= 11 is 12.1. The van der Waals surface area contributed by atoms with E-state index in [0.29, 0.717) is 38.3 Å². The Labute approximate surface area is 173 Å². The van der Waals surface area contributed by atoms with Gasteiger partial charge in [-0.15, -0.1) is 0 Å². The smallest absolute Gasteiger partial charge is 0.270 e. The molecule has 5 aromatic rings. The Balaban J connectivity index is 1.75. The van der Waals surface area contributed by atoms with Crippen molar-refractivity contribution in [2.24, 2.45) is 0 Å². The SMILES string of the molecule is O=[N+]([O-])c1ccc(-c2nc3ccc(Cl)cc3[nH]2)c(-c2nc3ccc(Cl)cc3[nH]2)c1. The Kier molecular flexibility index (Phi) is 4.01. The molecule has 0 saturated carbocycles. The quantitative estimate of drug-likeness (QED) is 0.275. The normalized spacial score (nSPS) is 11.4. The van der Waals surface area contributed by atoms with Crippen LogP contribution in [0.25, 0.3) is 44.8 Å². The number of nitrogens with one attached hydrogen (secondary N) is 2. The molecule has 0 amide bonds. The molecule has 0 bridgehead atoms. The van der Waals surface area contributed by atoms with Crippen LogP contribution < -0.4 is 0 Å². The molecule has 5 rings (SSSR count). The van der Waals surface area contributed by atoms with Crippen molar-refractivity contribution in [1.29, 1.82) is 0 Å². The van der Waals surface area contributed by atoms with Gasteiger partial charge in [-0.25, -0.2) is 9.97 Å². The lowest BCUT2D eigenvalue weighted by molar-refractivity contribution is -0.384. The first-order valence-electron chi connectivity index (χ1n) is 8.58. The Hall–Kier alpha value is -3.42. The molecule has 0 aliphatic heterocycles. The molecule has 0 spiro atoms. The number of hydrogen-bond acceptors (Lipinski definition) is 4. The zero-order chi connectivity index (χ0) is 20.1. The Morgan fingerprint density at radius 3 is 1.86 bits per heavy atom. The summed E-state index contributed by atoms with van der Waals surface area (Å²) in [6.45, 7) is 0. The second-order valence-corrected chi connectivity index (χ2v) is 7.35. The van der Waals surface area contributed by atoms with Gasteiger partial charge in [0.05, 0.1) is 27.0 Å². The third-order valence-corrected chi connectivity index (χ3v) is 5.08. The summed E-state index contributed by atoms with van der Waals surface area (Å²) in [6.07, 6.45) is 0. The molecule has 0 radical (unpaired) electrons. The third kappa shape index (κ3) is 3.10. The predicted molar refractivity (Wildman–Crippen MR) is 113 cm³/mol. The van der Waals surface area contributed by atoms with Crippen LogP contribution in [0.1, 0.15) is 0 Å². The second-order valence-electron chi connectivity index (χ2n) is 6.48. The van der Waals surface area contributed by atoms with Gasteiger partial charge in [0.25, 0.3) is 5.69 Å². The second kappa shape index (κ2) is 6.58. The van der Waals surface area contributed by atoms with Gasteiger partial charge in [0.15, 0.2) is 0 Å². The fourth-order valence-electron chi connectivity index (χ4n) is 3.27. The van der Waals surface area contributed by atoms with Crippen molar-refractivity contribution in [2.45, 2.75) is 0 Å². The van der Waals surface area contributed by atoms with Crippen LogP contribution in [0.3, 0.4) is 0 Å². The fraction of sp³-hybridized carbons (Fsp3) is 0. The molecule has 2 heterocycles. The van der Waals surface area contributed by atoms with Gasteiger partial charge in [-0.3, -0.25) is 10.1 Å². The van der Waals surface area contributed by atoms with Crippen molar-refractivity contribution in [3.63, 3.8) is 0 Å². The van der Waals surface area contributed by atoms with Gasteiger partial charge in [-0.05, 0) is 42.5 Å². The molecule has 29 heavy (non-hydrogen) atoms. The summed E-state index contributed by atoms with van der Waals surface area (Å²) in [4.78, 5) is 26.5. The number of rotatable bonds is 3. The highest BCUT2D eigenvalue weighted by molar-refractivity contribution is 6.31. The number of fused-ring (bicyclic) bond motifs is 2. The van der Waals surface area contributed by atoms with Gasteiger partial charge in [0.1, 0.15) is 11.6 Å². The molecule has 0 fully saturated rings. The Morgan fingerprint density at radius 2 is 1.31 bits per heavy atom. The highest BCUT2D eigenvalue weighted by Crippen LogP contribution is 2.34. The van der Waals surface area contributed by atoms with Gasteiger partial charge in [0.2, 0.25) is 0 Å². The minimum Gasteiger partial charge on any atom is -0.338 e. The van der Waals surface area contributed by atoms with E-state index >= 15 is 0 Å². The standard InChI is InChI=1S/C20H11Cl2N5O2/c21-10-1-5-15-17(7-10)25-19(23-15)13-4-3-12(27(28)29)9-14(13)20-24-16-6-2-11(22)8-18(16)26-20/h1-9H,(H,23,25)(H,24,26). The van der Waals surface area contributed by atoms with Crippen molar-refractivity contribution < 1.29 is 4.92 Å². The van der Waals surface area contributed by atoms with E-state index in [-0.39, 0.29) is 5.69 Å². The van der Waals surface area contributed by atoms with Crippen LogP contribution in [0, 0.1) is 10.1 Å². The molecule has 7 nitrogen and oxygen atoms in total. The van der Waals surface area contributed by atoms with Crippen LogP contribution in [-0.4, -0.2) is 24.9 Å². The summed E-state index contributed by atoms with van der Waals surface area (Å²) in [7, 11) is 0. The zero-order valence-corrected chi connectivity index (χ0v) is 16.1. The maximum atomic E-state index is 11.3. The van der Waals surface area contributed by atoms with E-state index in [1.807, 2.05) is 6.07 Å². The van der Waals surface area contributed by atoms with E-state index in [1.165, 1.54) is 12.1 Å². The molecule has 3 aromatic carbocycles. The van der Waals surface area contributed by atoms with Gasteiger partial charge in [-0.2, -0.15) is 0 Å². The van der Waals surface area contributed by atoms with Crippen molar-refractivity contribution in [2.75, 3.05) is 0 Å². The number of halogens is 2. The summed E-state index contributed by atoms with van der Waals surface area (Å²) in [5.74, 6) is 1.05. The molecule has 142 valence electrons. The van der Waals surface area contributed by atoms with Gasteiger partial charge in [-0.1, -0.05) is 23.2 Å². The van der Waals surface area contributed by atoms with Gasteiger partial charge in [0, 0.05) is 33.3 Å². The van der Waals surface area contributed by atoms with Crippen molar-refractivity contribution in [3.8, 4) is 22.8 Å². The van der Waals surface area contributed by atoms with Gasteiger partial charge >= 0.3 is 0 Å². The molecule has 0 aliphatic rings. The van der Waals surface area contributed by atoms with E-state index in [1.54, 1.807) is 36.4 Å². The minimum absolute atomic E-state index is 0.0404. The third-order valence-electron chi connectivity index (χ3n) is 4.61. The molecular formula is C20H11Cl2N5O2. The number of aromatic nitrogens is 4. The maximum Gasteiger partial charge on any atom is 0.270 e. The molecule has 9 heteroatoms. The highest BCUT2D eigenvalue weighted by Gasteiger charge is 2.19. The van der Waals surface area contributed by atoms with Crippen LogP contribution in [0.15, 0.2) is 54.6 Å². The molecular weight excluding hydrogens is 413 g/mol. The number of non-ortho nitro benzene ring substituents is 1. The Bertz CT molecular complexity index is 1420. The topological polar surface area (TPSA) is 100 Å². The zero-order valence-electron chi connectivity index (χ0n) is 14.6. The summed E-state index contributed by atoms with van der Waals surface area (Å²) in [5, 5.41) is 12.5. The average Bonchev–Trinajstić information content (AvgIpc) is 3.30. The van der Waals surface area contributed by atoms with E-state index in [9.17, 15) is 10.1 Å². The van der Waals surface area contributed by atoms with E-state index in [4.69, 9.17) is 23.2 Å². The largest absolute Gasteiger partial charge is 0.338 e. The van der Waals surface area contributed by atoms with E-state index < -0.39 is 4.92 Å². The summed E-state index contributed by atoms with van der Waals surface area (Å²) < 4.78 is 0. The van der Waals surface area contributed by atoms with Crippen molar-refractivity contribution in [3.05, 3.63) is 74.8 Å². The monoisotopic (exact) mass is 423 g/mol. The number of nitro benzene ring substituents is 1. The van der Waals surface area contributed by atoms with Crippen LogP contribution in [-0.2, 0) is 0 Å². The first kappa shape index (κ1) is 17.7. The number of hydrogen-bond donors (Lipinski definition) is 2. The fourth-order valence-corrected chi connectivity index (χ4v) is 3.61. The van der Waals surface area contributed by atoms with Crippen LogP contribution in [0.2, 0.25) is 10.0 Å². The molecule has 0 aliphatic carbocycles. The van der Waals surface area contributed by atoms with E-state index in [2.05, 4.69) is 19.9 Å².